The number of ether oxygens (including phenoxy) is 4. The zero-order chi connectivity index (χ0) is 25.5. The van der Waals surface area contributed by atoms with Crippen molar-refractivity contribution in [3.63, 3.8) is 0 Å². The number of benzene rings is 2. The van der Waals surface area contributed by atoms with E-state index in [1.165, 1.54) is 12.0 Å². The molecule has 0 atom stereocenters. The molecule has 2 rings (SSSR count). The highest BCUT2D eigenvalue weighted by molar-refractivity contribution is 5.91. The van der Waals surface area contributed by atoms with Crippen LogP contribution < -0.4 is 14.8 Å². The third-order valence-corrected chi connectivity index (χ3v) is 4.82. The van der Waals surface area contributed by atoms with Crippen LogP contribution in [0.4, 0.5) is 5.69 Å². The highest BCUT2D eigenvalue weighted by Gasteiger charge is 2.12. The van der Waals surface area contributed by atoms with E-state index in [2.05, 4.69) is 29.3 Å². The van der Waals surface area contributed by atoms with Crippen LogP contribution in [-0.4, -0.2) is 57.8 Å². The molecule has 1 amide bonds. The number of anilines is 1. The van der Waals surface area contributed by atoms with E-state index in [1.54, 1.807) is 39.3 Å². The predicted octanol–water partition coefficient (Wildman–Crippen LogP) is 3.32. The average molecular weight is 479 g/mol. The second-order valence-corrected chi connectivity index (χ2v) is 7.17. The van der Waals surface area contributed by atoms with Crippen molar-refractivity contribution in [1.29, 1.82) is 0 Å². The van der Waals surface area contributed by atoms with Crippen molar-refractivity contribution in [1.82, 2.24) is 4.90 Å². The first-order valence-corrected chi connectivity index (χ1v) is 11.0. The van der Waals surface area contributed by atoms with Gasteiger partial charge in [-0.25, -0.2) is 4.79 Å². The van der Waals surface area contributed by atoms with E-state index in [9.17, 15) is 9.59 Å². The van der Waals surface area contributed by atoms with E-state index in [4.69, 9.17) is 18.9 Å². The molecule has 0 bridgehead atoms. The highest BCUT2D eigenvalue weighted by atomic mass is 16.5. The van der Waals surface area contributed by atoms with E-state index < -0.39 is 5.97 Å². The molecule has 1 N–H and O–H groups in total. The van der Waals surface area contributed by atoms with Gasteiger partial charge in [-0.15, -0.1) is 0 Å². The number of amides is 1. The van der Waals surface area contributed by atoms with Crippen LogP contribution >= 0.6 is 0 Å². The summed E-state index contributed by atoms with van der Waals surface area (Å²) in [6.45, 7) is 2.77. The normalized spacial score (nSPS) is 9.49. The Morgan fingerprint density at radius 3 is 2.46 bits per heavy atom. The van der Waals surface area contributed by atoms with Crippen molar-refractivity contribution in [3.8, 4) is 35.5 Å². The maximum atomic E-state index is 12.6. The van der Waals surface area contributed by atoms with E-state index in [1.807, 2.05) is 24.3 Å². The topological polar surface area (TPSA) is 86.3 Å². The maximum Gasteiger partial charge on any atom is 0.337 e. The smallest absolute Gasteiger partial charge is 0.337 e. The summed E-state index contributed by atoms with van der Waals surface area (Å²) in [5.74, 6) is 6.44. The van der Waals surface area contributed by atoms with E-state index in [0.717, 1.165) is 11.3 Å². The fraction of sp³-hybridized carbons (Fsp3) is 0.333. The number of carbonyl (C=O) groups is 2. The molecule has 35 heavy (non-hydrogen) atoms. The molecular formula is C27H30N2O6. The zero-order valence-corrected chi connectivity index (χ0v) is 20.5. The first kappa shape index (κ1) is 26.9. The number of methoxy groups -OCH3 is 3. The van der Waals surface area contributed by atoms with E-state index in [-0.39, 0.29) is 18.9 Å². The van der Waals surface area contributed by atoms with Gasteiger partial charge in [-0.1, -0.05) is 18.1 Å². The number of hydrogen-bond acceptors (Lipinski definition) is 7. The molecule has 0 fully saturated rings. The summed E-state index contributed by atoms with van der Waals surface area (Å²) in [4.78, 5) is 25.8. The molecule has 184 valence electrons. The first-order valence-electron chi connectivity index (χ1n) is 11.0. The van der Waals surface area contributed by atoms with Gasteiger partial charge >= 0.3 is 5.97 Å². The molecule has 0 unspecified atom stereocenters. The number of hydrogen-bond donors (Lipinski definition) is 1. The molecule has 0 aliphatic carbocycles. The molecule has 0 heterocycles. The van der Waals surface area contributed by atoms with Gasteiger partial charge in [-0.05, 0) is 48.7 Å². The fourth-order valence-electron chi connectivity index (χ4n) is 3.05. The molecule has 0 saturated heterocycles. The molecule has 8 nitrogen and oxygen atoms in total. The van der Waals surface area contributed by atoms with E-state index >= 15 is 0 Å². The van der Waals surface area contributed by atoms with Gasteiger partial charge in [0.15, 0.2) is 0 Å². The van der Waals surface area contributed by atoms with Crippen molar-refractivity contribution >= 4 is 17.6 Å². The van der Waals surface area contributed by atoms with Crippen LogP contribution in [0.2, 0.25) is 0 Å². The van der Waals surface area contributed by atoms with E-state index in [0.29, 0.717) is 36.6 Å². The standard InChI is InChI=1S/C27H30N2O6/c1-5-15-29(26(30)19-21-8-11-23(32-2)12-9-21)16-7-18-35-17-6-14-28-24-20-22(27(31)34-4)10-13-25(24)33-3/h8-13,20,28H,7,14,16,18-19H2,1-4H3. The largest absolute Gasteiger partial charge is 0.497 e. The minimum Gasteiger partial charge on any atom is -0.497 e. The van der Waals surface area contributed by atoms with Gasteiger partial charge < -0.3 is 24.3 Å². The Bertz CT molecular complexity index is 1110. The summed E-state index contributed by atoms with van der Waals surface area (Å²) in [5.41, 5.74) is 1.91. The van der Waals surface area contributed by atoms with Crippen molar-refractivity contribution < 1.29 is 28.5 Å². The third-order valence-electron chi connectivity index (χ3n) is 4.82. The minimum atomic E-state index is -0.436. The van der Waals surface area contributed by atoms with Gasteiger partial charge in [0, 0.05) is 19.0 Å². The summed E-state index contributed by atoms with van der Waals surface area (Å²) in [6, 6.07) is 15.2. The third kappa shape index (κ3) is 8.87. The molecule has 0 aliphatic heterocycles. The van der Waals surface area contributed by atoms with Crippen LogP contribution in [0.3, 0.4) is 0 Å². The van der Waals surface area contributed by atoms with Crippen molar-refractivity contribution in [2.45, 2.75) is 19.8 Å². The number of rotatable bonds is 11. The molecule has 0 aromatic heterocycles. The van der Waals surface area contributed by atoms with Crippen LogP contribution in [0.5, 0.6) is 11.5 Å². The lowest BCUT2D eigenvalue weighted by Gasteiger charge is -2.15. The van der Waals surface area contributed by atoms with Crippen LogP contribution in [0.15, 0.2) is 42.5 Å². The van der Waals surface area contributed by atoms with Crippen LogP contribution in [-0.2, 0) is 20.7 Å². The number of nitrogens with zero attached hydrogens (tertiary/aromatic N) is 1. The van der Waals surface area contributed by atoms with Crippen molar-refractivity contribution in [3.05, 3.63) is 53.6 Å². The molecule has 0 spiro atoms. The van der Waals surface area contributed by atoms with Crippen LogP contribution in [0, 0.1) is 24.0 Å². The molecule has 0 radical (unpaired) electrons. The number of carbonyl (C=O) groups excluding carboxylic acids is 2. The summed E-state index contributed by atoms with van der Waals surface area (Å²) in [7, 11) is 4.47. The second kappa shape index (κ2) is 14.8. The Kier molecular flexibility index (Phi) is 11.4. The van der Waals surface area contributed by atoms with Gasteiger partial charge in [-0.2, -0.15) is 0 Å². The maximum absolute atomic E-state index is 12.6. The van der Waals surface area contributed by atoms with Gasteiger partial charge in [0.05, 0.1) is 45.5 Å². The highest BCUT2D eigenvalue weighted by Crippen LogP contribution is 2.25. The summed E-state index contributed by atoms with van der Waals surface area (Å²) in [5, 5.41) is 3.09. The van der Waals surface area contributed by atoms with Crippen LogP contribution in [0.1, 0.15) is 29.3 Å². The number of nitrogens with one attached hydrogen (secondary N) is 1. The van der Waals surface area contributed by atoms with Gasteiger partial charge in [0.1, 0.15) is 24.2 Å². The lowest BCUT2D eigenvalue weighted by atomic mass is 10.1. The molecule has 2 aromatic carbocycles. The van der Waals surface area contributed by atoms with Gasteiger partial charge in [0.25, 0.3) is 0 Å². The van der Waals surface area contributed by atoms with Crippen LogP contribution in [0.25, 0.3) is 0 Å². The molecule has 2 aromatic rings. The summed E-state index contributed by atoms with van der Waals surface area (Å²) in [6.07, 6.45) is 3.47. The summed E-state index contributed by atoms with van der Waals surface area (Å²) < 4.78 is 20.5. The first-order chi connectivity index (χ1) is 17.0. The molecule has 8 heteroatoms. The fourth-order valence-corrected chi connectivity index (χ4v) is 3.05. The second-order valence-electron chi connectivity index (χ2n) is 7.17. The monoisotopic (exact) mass is 478 g/mol. The lowest BCUT2D eigenvalue weighted by Crippen LogP contribution is -2.29. The molecular weight excluding hydrogens is 448 g/mol. The predicted molar refractivity (Wildman–Crippen MR) is 133 cm³/mol. The average Bonchev–Trinajstić information content (AvgIpc) is 2.89. The SMILES string of the molecule is CC#CN(CCCOC#CCNc1cc(C(=O)OC)ccc1OC)C(=O)Cc1ccc(OC)cc1. The van der Waals surface area contributed by atoms with Crippen molar-refractivity contribution in [2.75, 3.05) is 46.3 Å². The van der Waals surface area contributed by atoms with Gasteiger partial charge in [0.2, 0.25) is 5.91 Å². The Hall–Kier alpha value is -4.30. The Balaban J connectivity index is 1.77. The van der Waals surface area contributed by atoms with Gasteiger partial charge in [-0.3, -0.25) is 9.69 Å². The Morgan fingerprint density at radius 2 is 1.80 bits per heavy atom. The molecule has 0 aliphatic rings. The number of esters is 1. The minimum absolute atomic E-state index is 0.0806. The lowest BCUT2D eigenvalue weighted by molar-refractivity contribution is -0.127. The Labute approximate surface area is 206 Å². The Morgan fingerprint density at radius 1 is 1.03 bits per heavy atom. The molecule has 0 saturated carbocycles. The summed E-state index contributed by atoms with van der Waals surface area (Å²) >= 11 is 0. The zero-order valence-electron chi connectivity index (χ0n) is 20.5. The quantitative estimate of drug-likeness (QED) is 0.229. The van der Waals surface area contributed by atoms with Crippen molar-refractivity contribution in [2.24, 2.45) is 0 Å².